The van der Waals surface area contributed by atoms with Gasteiger partial charge in [-0.15, -0.1) is 0 Å². The summed E-state index contributed by atoms with van der Waals surface area (Å²) in [5, 5.41) is 0.358. The van der Waals surface area contributed by atoms with E-state index in [1.807, 2.05) is 0 Å². The van der Waals surface area contributed by atoms with Crippen LogP contribution in [0, 0.1) is 5.82 Å². The van der Waals surface area contributed by atoms with Crippen molar-refractivity contribution < 1.29 is 9.13 Å². The number of hydrogen-bond donors (Lipinski definition) is 0. The van der Waals surface area contributed by atoms with Gasteiger partial charge in [-0.25, -0.2) is 4.39 Å². The third-order valence-electron chi connectivity index (χ3n) is 1.54. The maximum atomic E-state index is 13.1. The highest BCUT2D eigenvalue weighted by molar-refractivity contribution is 6.30. The summed E-state index contributed by atoms with van der Waals surface area (Å²) >= 11 is 5.57. The van der Waals surface area contributed by atoms with E-state index >= 15 is 0 Å². The van der Waals surface area contributed by atoms with E-state index in [1.54, 1.807) is 19.1 Å². The Morgan fingerprint density at radius 2 is 2.31 bits per heavy atom. The molecule has 0 heterocycles. The summed E-state index contributed by atoms with van der Waals surface area (Å²) < 4.78 is 18.3. The molecule has 0 N–H and O–H groups in total. The molecule has 1 aromatic rings. The van der Waals surface area contributed by atoms with Crippen LogP contribution in [0.5, 0.6) is 5.75 Å². The van der Waals surface area contributed by atoms with Crippen LogP contribution in [0.2, 0.25) is 5.02 Å². The lowest BCUT2D eigenvalue weighted by Crippen LogP contribution is -2.08. The van der Waals surface area contributed by atoms with Gasteiger partial charge in [0.25, 0.3) is 0 Å². The van der Waals surface area contributed by atoms with E-state index in [0.29, 0.717) is 5.02 Å². The van der Waals surface area contributed by atoms with Crippen LogP contribution in [0.25, 0.3) is 0 Å². The van der Waals surface area contributed by atoms with Crippen molar-refractivity contribution in [3.05, 3.63) is 41.7 Å². The lowest BCUT2D eigenvalue weighted by molar-refractivity contribution is 0.257. The van der Waals surface area contributed by atoms with Gasteiger partial charge in [-0.1, -0.05) is 24.3 Å². The molecule has 1 aromatic carbocycles. The van der Waals surface area contributed by atoms with Crippen LogP contribution in [0.4, 0.5) is 4.39 Å². The summed E-state index contributed by atoms with van der Waals surface area (Å²) in [7, 11) is 0. The molecule has 0 amide bonds. The standard InChI is InChI=1S/C10H10ClFO/c1-3-7(2)13-10-5-4-8(11)6-9(10)12/h3-7H,1H2,2H3. The van der Waals surface area contributed by atoms with Crippen LogP contribution < -0.4 is 4.74 Å². The first-order chi connectivity index (χ1) is 6.13. The fourth-order valence-corrected chi connectivity index (χ4v) is 0.978. The summed E-state index contributed by atoms with van der Waals surface area (Å²) in [6.07, 6.45) is 1.38. The van der Waals surface area contributed by atoms with Crippen molar-refractivity contribution in [2.24, 2.45) is 0 Å². The van der Waals surface area contributed by atoms with Crippen LogP contribution in [0.15, 0.2) is 30.9 Å². The first kappa shape index (κ1) is 10.1. The molecule has 0 fully saturated rings. The van der Waals surface area contributed by atoms with Gasteiger partial charge >= 0.3 is 0 Å². The van der Waals surface area contributed by atoms with E-state index < -0.39 is 5.82 Å². The molecule has 0 aliphatic rings. The Balaban J connectivity index is 2.83. The highest BCUT2D eigenvalue weighted by atomic mass is 35.5. The molecule has 0 aliphatic heterocycles. The lowest BCUT2D eigenvalue weighted by atomic mass is 10.3. The van der Waals surface area contributed by atoms with Gasteiger partial charge in [0.2, 0.25) is 0 Å². The highest BCUT2D eigenvalue weighted by Crippen LogP contribution is 2.21. The maximum absolute atomic E-state index is 13.1. The van der Waals surface area contributed by atoms with Crippen molar-refractivity contribution in [2.45, 2.75) is 13.0 Å². The van der Waals surface area contributed by atoms with Crippen LogP contribution >= 0.6 is 11.6 Å². The molecule has 3 heteroatoms. The van der Waals surface area contributed by atoms with Gasteiger partial charge in [0, 0.05) is 5.02 Å². The zero-order valence-corrected chi connectivity index (χ0v) is 8.01. The first-order valence-electron chi connectivity index (χ1n) is 3.87. The van der Waals surface area contributed by atoms with E-state index in [0.717, 1.165) is 0 Å². The second-order valence-electron chi connectivity index (χ2n) is 2.63. The van der Waals surface area contributed by atoms with E-state index in [1.165, 1.54) is 12.1 Å². The van der Waals surface area contributed by atoms with Gasteiger partial charge in [0.15, 0.2) is 11.6 Å². The minimum atomic E-state index is -0.457. The molecular weight excluding hydrogens is 191 g/mol. The molecule has 1 atom stereocenters. The Morgan fingerprint density at radius 3 is 2.85 bits per heavy atom. The molecule has 0 saturated heterocycles. The molecule has 1 rings (SSSR count). The third-order valence-corrected chi connectivity index (χ3v) is 1.77. The van der Waals surface area contributed by atoms with E-state index in [2.05, 4.69) is 6.58 Å². The van der Waals surface area contributed by atoms with Gasteiger partial charge < -0.3 is 4.74 Å². The normalized spacial score (nSPS) is 12.2. The number of hydrogen-bond acceptors (Lipinski definition) is 1. The average Bonchev–Trinajstić information content (AvgIpc) is 2.09. The predicted molar refractivity (Wildman–Crippen MR) is 51.7 cm³/mol. The summed E-state index contributed by atoms with van der Waals surface area (Å²) in [5.74, 6) is -0.266. The van der Waals surface area contributed by atoms with Crippen molar-refractivity contribution in [1.82, 2.24) is 0 Å². The van der Waals surface area contributed by atoms with Crippen LogP contribution in [-0.4, -0.2) is 6.10 Å². The SMILES string of the molecule is C=CC(C)Oc1ccc(Cl)cc1F. The van der Waals surface area contributed by atoms with Gasteiger partial charge in [0.05, 0.1) is 0 Å². The zero-order valence-electron chi connectivity index (χ0n) is 7.26. The molecule has 1 nitrogen and oxygen atoms in total. The smallest absolute Gasteiger partial charge is 0.166 e. The van der Waals surface area contributed by atoms with Crippen LogP contribution in [-0.2, 0) is 0 Å². The summed E-state index contributed by atoms with van der Waals surface area (Å²) in [6, 6.07) is 4.29. The van der Waals surface area contributed by atoms with E-state index in [-0.39, 0.29) is 11.9 Å². The Labute approximate surface area is 81.8 Å². The monoisotopic (exact) mass is 200 g/mol. The Kier molecular flexibility index (Phi) is 3.32. The molecule has 0 aromatic heterocycles. The summed E-state index contributed by atoms with van der Waals surface area (Å²) in [4.78, 5) is 0. The van der Waals surface area contributed by atoms with E-state index in [4.69, 9.17) is 16.3 Å². The molecule has 0 saturated carbocycles. The van der Waals surface area contributed by atoms with Crippen molar-refractivity contribution in [3.63, 3.8) is 0 Å². The third kappa shape index (κ3) is 2.74. The van der Waals surface area contributed by atoms with Crippen molar-refractivity contribution >= 4 is 11.6 Å². The molecule has 1 unspecified atom stereocenters. The average molecular weight is 201 g/mol. The molecule has 0 radical (unpaired) electrons. The second kappa shape index (κ2) is 4.28. The van der Waals surface area contributed by atoms with Crippen LogP contribution in [0.3, 0.4) is 0 Å². The van der Waals surface area contributed by atoms with Gasteiger partial charge in [-0.3, -0.25) is 0 Å². The number of halogens is 2. The van der Waals surface area contributed by atoms with Gasteiger partial charge in [-0.05, 0) is 25.1 Å². The largest absolute Gasteiger partial charge is 0.484 e. The molecular formula is C10H10ClFO. The second-order valence-corrected chi connectivity index (χ2v) is 3.07. The Morgan fingerprint density at radius 1 is 1.62 bits per heavy atom. The lowest BCUT2D eigenvalue weighted by Gasteiger charge is -2.10. The maximum Gasteiger partial charge on any atom is 0.166 e. The molecule has 13 heavy (non-hydrogen) atoms. The minimum absolute atomic E-state index is 0.191. The van der Waals surface area contributed by atoms with Crippen molar-refractivity contribution in [1.29, 1.82) is 0 Å². The first-order valence-corrected chi connectivity index (χ1v) is 4.25. The fraction of sp³-hybridized carbons (Fsp3) is 0.200. The minimum Gasteiger partial charge on any atom is -0.484 e. The molecule has 0 aliphatic carbocycles. The molecule has 70 valence electrons. The Bertz CT molecular complexity index is 312. The van der Waals surface area contributed by atoms with Crippen molar-refractivity contribution in [2.75, 3.05) is 0 Å². The quantitative estimate of drug-likeness (QED) is 0.680. The highest BCUT2D eigenvalue weighted by Gasteiger charge is 2.05. The van der Waals surface area contributed by atoms with Gasteiger partial charge in [0.1, 0.15) is 6.10 Å². The topological polar surface area (TPSA) is 9.23 Å². The fourth-order valence-electron chi connectivity index (χ4n) is 0.819. The van der Waals surface area contributed by atoms with Crippen molar-refractivity contribution in [3.8, 4) is 5.75 Å². The number of ether oxygens (including phenoxy) is 1. The summed E-state index contributed by atoms with van der Waals surface area (Å²) in [6.45, 7) is 5.31. The number of benzene rings is 1. The summed E-state index contributed by atoms with van der Waals surface area (Å²) in [5.41, 5.74) is 0. The molecule has 0 bridgehead atoms. The number of rotatable bonds is 3. The molecule has 0 spiro atoms. The Hall–Kier alpha value is -1.02. The predicted octanol–water partition coefficient (Wildman–Crippen LogP) is 3.43. The zero-order chi connectivity index (χ0) is 9.84. The van der Waals surface area contributed by atoms with E-state index in [9.17, 15) is 4.39 Å². The van der Waals surface area contributed by atoms with Gasteiger partial charge in [-0.2, -0.15) is 0 Å². The van der Waals surface area contributed by atoms with Crippen LogP contribution in [0.1, 0.15) is 6.92 Å².